The molecule has 3 aliphatic rings. The molecule has 0 saturated heterocycles. The lowest BCUT2D eigenvalue weighted by Gasteiger charge is -2.21. The zero-order valence-corrected chi connectivity index (χ0v) is 20.6. The molecule has 0 aromatic carbocycles. The Morgan fingerprint density at radius 3 is 2.44 bits per heavy atom. The topological polar surface area (TPSA) is 64.0 Å². The molecule has 1 N–H and O–H groups in total. The third-order valence-electron chi connectivity index (χ3n) is 7.48. The molecule has 2 fully saturated rings. The van der Waals surface area contributed by atoms with Crippen LogP contribution in [0.25, 0.3) is 10.2 Å². The highest BCUT2D eigenvalue weighted by molar-refractivity contribution is 7.99. The summed E-state index contributed by atoms with van der Waals surface area (Å²) in [7, 11) is 0. The van der Waals surface area contributed by atoms with E-state index in [9.17, 15) is 9.59 Å². The summed E-state index contributed by atoms with van der Waals surface area (Å²) in [6.45, 7) is 0. The highest BCUT2D eigenvalue weighted by Crippen LogP contribution is 2.37. The van der Waals surface area contributed by atoms with Gasteiger partial charge in [0.1, 0.15) is 4.83 Å². The number of carbonyl (C=O) groups is 1. The van der Waals surface area contributed by atoms with Gasteiger partial charge in [-0.3, -0.25) is 14.2 Å². The number of hydrogen-bond acceptors (Lipinski definition) is 5. The maximum atomic E-state index is 13.7. The number of nitrogens with zero attached hydrogens (tertiary/aromatic N) is 2. The zero-order chi connectivity index (χ0) is 21.9. The predicted octanol–water partition coefficient (Wildman–Crippen LogP) is 5.77. The lowest BCUT2D eigenvalue weighted by atomic mass is 9.97. The van der Waals surface area contributed by atoms with Crippen LogP contribution < -0.4 is 10.9 Å². The van der Waals surface area contributed by atoms with Gasteiger partial charge in [0.2, 0.25) is 5.91 Å². The number of carbonyl (C=O) groups excluding carboxylic acids is 1. The van der Waals surface area contributed by atoms with Crippen molar-refractivity contribution < 1.29 is 4.79 Å². The van der Waals surface area contributed by atoms with Gasteiger partial charge >= 0.3 is 0 Å². The molecule has 32 heavy (non-hydrogen) atoms. The summed E-state index contributed by atoms with van der Waals surface area (Å²) >= 11 is 3.17. The Balaban J connectivity index is 1.38. The van der Waals surface area contributed by atoms with Gasteiger partial charge < -0.3 is 5.32 Å². The second-order valence-corrected chi connectivity index (χ2v) is 11.8. The van der Waals surface area contributed by atoms with Gasteiger partial charge in [-0.15, -0.1) is 11.3 Å². The molecule has 0 atom stereocenters. The summed E-state index contributed by atoms with van der Waals surface area (Å²) in [4.78, 5) is 33.7. The summed E-state index contributed by atoms with van der Waals surface area (Å²) in [6, 6.07) is 0.537. The summed E-state index contributed by atoms with van der Waals surface area (Å²) in [5, 5.41) is 4.89. The fourth-order valence-electron chi connectivity index (χ4n) is 5.79. The van der Waals surface area contributed by atoms with Crippen molar-refractivity contribution in [1.82, 2.24) is 14.9 Å². The van der Waals surface area contributed by atoms with Gasteiger partial charge in [-0.1, -0.05) is 56.7 Å². The molecule has 1 amide bonds. The molecule has 2 saturated carbocycles. The maximum Gasteiger partial charge on any atom is 0.263 e. The third-order valence-corrected chi connectivity index (χ3v) is 9.62. The molecule has 5 rings (SSSR count). The van der Waals surface area contributed by atoms with Gasteiger partial charge in [0.25, 0.3) is 5.56 Å². The molecule has 3 aliphatic carbocycles. The Morgan fingerprint density at radius 1 is 0.969 bits per heavy atom. The molecular formula is C25H35N3O2S2. The average molecular weight is 474 g/mol. The van der Waals surface area contributed by atoms with Gasteiger partial charge in [0.05, 0.1) is 11.1 Å². The van der Waals surface area contributed by atoms with E-state index in [0.717, 1.165) is 53.9 Å². The third kappa shape index (κ3) is 4.79. The normalized spacial score (nSPS) is 20.8. The van der Waals surface area contributed by atoms with Crippen molar-refractivity contribution in [1.29, 1.82) is 0 Å². The van der Waals surface area contributed by atoms with Crippen LogP contribution >= 0.6 is 23.1 Å². The number of thioether (sulfide) groups is 1. The van der Waals surface area contributed by atoms with E-state index < -0.39 is 0 Å². The van der Waals surface area contributed by atoms with Crippen LogP contribution in [0.15, 0.2) is 9.95 Å². The molecule has 0 aliphatic heterocycles. The van der Waals surface area contributed by atoms with Crippen molar-refractivity contribution in [3.8, 4) is 0 Å². The standard InChI is InChI=1S/C25H35N3O2S2/c29-21(26-17-10-4-2-1-3-5-11-17)16-31-25-27-23-22(19-14-8-9-15-20(19)32-23)24(30)28(25)18-12-6-7-13-18/h17-18H,1-16H2,(H,26,29). The van der Waals surface area contributed by atoms with Crippen LogP contribution in [-0.4, -0.2) is 27.3 Å². The number of thiophene rings is 1. The summed E-state index contributed by atoms with van der Waals surface area (Å²) in [6.07, 6.45) is 17.4. The highest BCUT2D eigenvalue weighted by atomic mass is 32.2. The molecule has 7 heteroatoms. The van der Waals surface area contributed by atoms with E-state index in [-0.39, 0.29) is 17.5 Å². The fraction of sp³-hybridized carbons (Fsp3) is 0.720. The van der Waals surface area contributed by atoms with Crippen molar-refractivity contribution >= 4 is 39.2 Å². The molecule has 0 radical (unpaired) electrons. The lowest BCUT2D eigenvalue weighted by molar-refractivity contribution is -0.119. The van der Waals surface area contributed by atoms with Crippen molar-refractivity contribution in [2.45, 2.75) is 114 Å². The minimum absolute atomic E-state index is 0.0818. The minimum atomic E-state index is 0.0818. The number of aromatic nitrogens is 2. The average Bonchev–Trinajstić information content (AvgIpc) is 3.42. The Kier molecular flexibility index (Phi) is 7.22. The molecule has 2 heterocycles. The number of fused-ring (bicyclic) bond motifs is 3. The molecule has 2 aromatic rings. The van der Waals surface area contributed by atoms with E-state index in [0.29, 0.717) is 11.8 Å². The number of aryl methyl sites for hydroxylation is 2. The molecule has 5 nitrogen and oxygen atoms in total. The Labute approximate surface area is 198 Å². The zero-order valence-electron chi connectivity index (χ0n) is 19.0. The first-order valence-electron chi connectivity index (χ1n) is 12.7. The van der Waals surface area contributed by atoms with Crippen LogP contribution in [0.2, 0.25) is 0 Å². The predicted molar refractivity (Wildman–Crippen MR) is 133 cm³/mol. The minimum Gasteiger partial charge on any atom is -0.353 e. The van der Waals surface area contributed by atoms with Crippen molar-refractivity contribution in [3.05, 3.63) is 20.8 Å². The van der Waals surface area contributed by atoms with E-state index in [1.54, 1.807) is 11.3 Å². The summed E-state index contributed by atoms with van der Waals surface area (Å²) in [5.74, 6) is 0.421. The quantitative estimate of drug-likeness (QED) is 0.442. The Morgan fingerprint density at radius 2 is 1.66 bits per heavy atom. The molecule has 0 bridgehead atoms. The van der Waals surface area contributed by atoms with E-state index in [1.165, 1.54) is 80.0 Å². The van der Waals surface area contributed by atoms with Crippen LogP contribution in [0.3, 0.4) is 0 Å². The highest BCUT2D eigenvalue weighted by Gasteiger charge is 2.27. The van der Waals surface area contributed by atoms with E-state index in [2.05, 4.69) is 5.32 Å². The molecule has 0 spiro atoms. The van der Waals surface area contributed by atoms with Gasteiger partial charge in [-0.2, -0.15) is 0 Å². The molecule has 2 aromatic heterocycles. The first-order chi connectivity index (χ1) is 15.7. The van der Waals surface area contributed by atoms with E-state index in [1.807, 2.05) is 4.57 Å². The number of rotatable bonds is 5. The van der Waals surface area contributed by atoms with Gasteiger partial charge in [-0.05, 0) is 56.9 Å². The van der Waals surface area contributed by atoms with Crippen molar-refractivity contribution in [3.63, 3.8) is 0 Å². The second-order valence-electron chi connectivity index (χ2n) is 9.80. The van der Waals surface area contributed by atoms with Crippen LogP contribution in [0.5, 0.6) is 0 Å². The monoisotopic (exact) mass is 473 g/mol. The van der Waals surface area contributed by atoms with Gasteiger partial charge in [0, 0.05) is 17.0 Å². The fourth-order valence-corrected chi connectivity index (χ4v) is 7.97. The van der Waals surface area contributed by atoms with Crippen LogP contribution in [0, 0.1) is 0 Å². The summed E-state index contributed by atoms with van der Waals surface area (Å²) in [5.41, 5.74) is 1.41. The van der Waals surface area contributed by atoms with Crippen LogP contribution in [0.4, 0.5) is 0 Å². The Hall–Kier alpha value is -1.34. The first-order valence-corrected chi connectivity index (χ1v) is 14.5. The number of hydrogen-bond donors (Lipinski definition) is 1. The number of amides is 1. The molecule has 174 valence electrons. The van der Waals surface area contributed by atoms with E-state index >= 15 is 0 Å². The first kappa shape index (κ1) is 22.5. The van der Waals surface area contributed by atoms with Gasteiger partial charge in [-0.25, -0.2) is 4.98 Å². The molecule has 0 unspecified atom stereocenters. The van der Waals surface area contributed by atoms with Crippen molar-refractivity contribution in [2.24, 2.45) is 0 Å². The lowest BCUT2D eigenvalue weighted by Crippen LogP contribution is -2.36. The van der Waals surface area contributed by atoms with E-state index in [4.69, 9.17) is 4.98 Å². The van der Waals surface area contributed by atoms with Crippen LogP contribution in [0.1, 0.15) is 100.0 Å². The van der Waals surface area contributed by atoms with Gasteiger partial charge in [0.15, 0.2) is 5.16 Å². The summed E-state index contributed by atoms with van der Waals surface area (Å²) < 4.78 is 1.96. The number of nitrogens with one attached hydrogen (secondary N) is 1. The SMILES string of the molecule is O=C(CSc1nc2sc3c(c2c(=O)n1C1CCCC1)CCCC3)NC1CCCCCCC1. The molecular weight excluding hydrogens is 438 g/mol. The Bertz CT molecular complexity index is 1010. The van der Waals surface area contributed by atoms with Crippen molar-refractivity contribution in [2.75, 3.05) is 5.75 Å². The van der Waals surface area contributed by atoms with Crippen LogP contribution in [-0.2, 0) is 17.6 Å². The maximum absolute atomic E-state index is 13.7. The second kappa shape index (κ2) is 10.3. The largest absolute Gasteiger partial charge is 0.353 e. The smallest absolute Gasteiger partial charge is 0.263 e.